The Morgan fingerprint density at radius 2 is 1.61 bits per heavy atom. The minimum absolute atomic E-state index is 0.0933. The van der Waals surface area contributed by atoms with Gasteiger partial charge in [-0.1, -0.05) is 29.8 Å². The van der Waals surface area contributed by atoms with Crippen molar-refractivity contribution in [3.8, 4) is 0 Å². The first-order valence-electron chi connectivity index (χ1n) is 11.1. The molecule has 1 unspecified atom stereocenters. The first kappa shape index (κ1) is 25.2. The predicted molar refractivity (Wildman–Crippen MR) is 132 cm³/mol. The van der Waals surface area contributed by atoms with Crippen LogP contribution in [0.3, 0.4) is 0 Å². The molecule has 0 bridgehead atoms. The van der Waals surface area contributed by atoms with Crippen molar-refractivity contribution in [3.63, 3.8) is 0 Å². The summed E-state index contributed by atoms with van der Waals surface area (Å²) in [6.07, 6.45) is -0.356. The SMILES string of the molecule is CC(=O)Nc1ccc(S(=O)(=O)N(Cc2ccc(C)cc2)C2CC(=O)N(c3ccc(F)cc3)C2=O)cc1. The number of hydrogen-bond acceptors (Lipinski definition) is 5. The van der Waals surface area contributed by atoms with E-state index in [0.717, 1.165) is 26.9 Å². The molecule has 1 heterocycles. The van der Waals surface area contributed by atoms with E-state index in [1.165, 1.54) is 43.3 Å². The number of carbonyl (C=O) groups is 3. The molecule has 1 atom stereocenters. The van der Waals surface area contributed by atoms with E-state index in [4.69, 9.17) is 0 Å². The molecule has 0 aliphatic carbocycles. The lowest BCUT2D eigenvalue weighted by atomic mass is 10.1. The Balaban J connectivity index is 1.72. The van der Waals surface area contributed by atoms with Crippen LogP contribution in [0.5, 0.6) is 0 Å². The van der Waals surface area contributed by atoms with E-state index in [-0.39, 0.29) is 29.5 Å². The van der Waals surface area contributed by atoms with Gasteiger partial charge in [0.05, 0.1) is 17.0 Å². The molecule has 1 fully saturated rings. The summed E-state index contributed by atoms with van der Waals surface area (Å²) in [5.41, 5.74) is 2.21. The summed E-state index contributed by atoms with van der Waals surface area (Å²) in [4.78, 5) is 38.3. The lowest BCUT2D eigenvalue weighted by Crippen LogP contribution is -2.45. The summed E-state index contributed by atoms with van der Waals surface area (Å²) >= 11 is 0. The minimum atomic E-state index is -4.25. The van der Waals surface area contributed by atoms with Gasteiger partial charge in [-0.3, -0.25) is 14.4 Å². The second-order valence-corrected chi connectivity index (χ2v) is 10.4. The van der Waals surface area contributed by atoms with Crippen molar-refractivity contribution >= 4 is 39.1 Å². The molecule has 10 heteroatoms. The van der Waals surface area contributed by atoms with Crippen molar-refractivity contribution < 1.29 is 27.2 Å². The molecule has 1 aliphatic rings. The van der Waals surface area contributed by atoms with Crippen molar-refractivity contribution in [2.45, 2.75) is 37.8 Å². The second-order valence-electron chi connectivity index (χ2n) is 8.51. The third-order valence-electron chi connectivity index (χ3n) is 5.80. The summed E-state index contributed by atoms with van der Waals surface area (Å²) in [7, 11) is -4.25. The number of hydrogen-bond donors (Lipinski definition) is 1. The average Bonchev–Trinajstić information content (AvgIpc) is 3.12. The summed E-state index contributed by atoms with van der Waals surface area (Å²) in [6.45, 7) is 3.09. The number of sulfonamides is 1. The molecule has 1 saturated heterocycles. The molecular formula is C26H24FN3O5S. The Hall–Kier alpha value is -3.89. The Morgan fingerprint density at radius 3 is 2.19 bits per heavy atom. The van der Waals surface area contributed by atoms with Crippen LogP contribution in [0.25, 0.3) is 0 Å². The number of halogens is 1. The van der Waals surface area contributed by atoms with Crippen LogP contribution in [0, 0.1) is 12.7 Å². The van der Waals surface area contributed by atoms with Crippen LogP contribution in [0.1, 0.15) is 24.5 Å². The van der Waals surface area contributed by atoms with Gasteiger partial charge >= 0.3 is 0 Å². The van der Waals surface area contributed by atoms with Crippen LogP contribution < -0.4 is 10.2 Å². The third-order valence-corrected chi connectivity index (χ3v) is 7.66. The molecule has 1 N–H and O–H groups in total. The van der Waals surface area contributed by atoms with E-state index >= 15 is 0 Å². The van der Waals surface area contributed by atoms with Crippen LogP contribution in [0.2, 0.25) is 0 Å². The molecule has 3 aromatic rings. The standard InChI is InChI=1S/C26H24FN3O5S/c1-17-3-5-19(6-4-17)16-29(36(34,35)23-13-9-21(10-14-23)28-18(2)31)24-15-25(32)30(26(24)33)22-11-7-20(27)8-12-22/h3-14,24H,15-16H2,1-2H3,(H,28,31). The van der Waals surface area contributed by atoms with Gasteiger partial charge in [0, 0.05) is 19.2 Å². The van der Waals surface area contributed by atoms with Crippen LogP contribution >= 0.6 is 0 Å². The fraction of sp³-hybridized carbons (Fsp3) is 0.192. The number of imide groups is 1. The van der Waals surface area contributed by atoms with Gasteiger partial charge in [-0.15, -0.1) is 0 Å². The summed E-state index contributed by atoms with van der Waals surface area (Å²) in [6, 6.07) is 16.3. The zero-order chi connectivity index (χ0) is 26.0. The van der Waals surface area contributed by atoms with Crippen LogP contribution in [-0.4, -0.2) is 36.5 Å². The van der Waals surface area contributed by atoms with Crippen LogP contribution in [0.15, 0.2) is 77.7 Å². The topological polar surface area (TPSA) is 104 Å². The molecule has 0 radical (unpaired) electrons. The number of benzene rings is 3. The van der Waals surface area contributed by atoms with E-state index < -0.39 is 33.7 Å². The van der Waals surface area contributed by atoms with E-state index in [2.05, 4.69) is 5.32 Å². The van der Waals surface area contributed by atoms with Gasteiger partial charge in [-0.25, -0.2) is 17.7 Å². The van der Waals surface area contributed by atoms with Gasteiger partial charge < -0.3 is 5.32 Å². The highest BCUT2D eigenvalue weighted by molar-refractivity contribution is 7.89. The zero-order valence-corrected chi connectivity index (χ0v) is 20.5. The highest BCUT2D eigenvalue weighted by atomic mass is 32.2. The third kappa shape index (κ3) is 5.19. The molecular weight excluding hydrogens is 485 g/mol. The zero-order valence-electron chi connectivity index (χ0n) is 19.6. The maximum Gasteiger partial charge on any atom is 0.252 e. The first-order valence-corrected chi connectivity index (χ1v) is 12.6. The highest BCUT2D eigenvalue weighted by Crippen LogP contribution is 2.31. The highest BCUT2D eigenvalue weighted by Gasteiger charge is 2.47. The molecule has 1 aliphatic heterocycles. The van der Waals surface area contributed by atoms with Gasteiger partial charge in [-0.05, 0) is 61.0 Å². The van der Waals surface area contributed by atoms with Gasteiger partial charge in [0.2, 0.25) is 21.8 Å². The molecule has 3 amide bonds. The number of nitrogens with zero attached hydrogens (tertiary/aromatic N) is 2. The van der Waals surface area contributed by atoms with Crippen molar-refractivity contribution in [1.29, 1.82) is 0 Å². The maximum atomic E-state index is 13.8. The largest absolute Gasteiger partial charge is 0.326 e. The Bertz CT molecular complexity index is 1410. The lowest BCUT2D eigenvalue weighted by Gasteiger charge is -2.27. The van der Waals surface area contributed by atoms with Crippen molar-refractivity contribution in [2.24, 2.45) is 0 Å². The minimum Gasteiger partial charge on any atom is -0.326 e. The van der Waals surface area contributed by atoms with Crippen molar-refractivity contribution in [2.75, 3.05) is 10.2 Å². The van der Waals surface area contributed by atoms with Crippen molar-refractivity contribution in [3.05, 3.63) is 89.7 Å². The molecule has 36 heavy (non-hydrogen) atoms. The maximum absolute atomic E-state index is 13.8. The quantitative estimate of drug-likeness (QED) is 0.490. The number of aryl methyl sites for hydroxylation is 1. The first-order chi connectivity index (χ1) is 17.1. The number of nitrogens with one attached hydrogen (secondary N) is 1. The van der Waals surface area contributed by atoms with Crippen molar-refractivity contribution in [1.82, 2.24) is 4.31 Å². The summed E-state index contributed by atoms with van der Waals surface area (Å²) in [5.74, 6) is -2.12. The smallest absolute Gasteiger partial charge is 0.252 e. The van der Waals surface area contributed by atoms with E-state index in [0.29, 0.717) is 11.3 Å². The number of amides is 3. The fourth-order valence-corrected chi connectivity index (χ4v) is 5.56. The number of anilines is 2. The Morgan fingerprint density at radius 1 is 1.00 bits per heavy atom. The molecule has 3 aromatic carbocycles. The number of carbonyl (C=O) groups excluding carboxylic acids is 3. The number of rotatable bonds is 7. The van der Waals surface area contributed by atoms with Crippen LogP contribution in [-0.2, 0) is 31.0 Å². The normalized spacial score (nSPS) is 16.0. The fourth-order valence-electron chi connectivity index (χ4n) is 3.99. The predicted octanol–water partition coefficient (Wildman–Crippen LogP) is 3.62. The molecule has 4 rings (SSSR count). The second kappa shape index (κ2) is 10.00. The van der Waals surface area contributed by atoms with E-state index in [1.54, 1.807) is 12.1 Å². The van der Waals surface area contributed by atoms with Gasteiger partial charge in [0.1, 0.15) is 11.9 Å². The average molecular weight is 510 g/mol. The van der Waals surface area contributed by atoms with Gasteiger partial charge in [-0.2, -0.15) is 4.31 Å². The van der Waals surface area contributed by atoms with Gasteiger partial charge in [0.15, 0.2) is 0 Å². The molecule has 0 aromatic heterocycles. The summed E-state index contributed by atoms with van der Waals surface area (Å²) in [5, 5.41) is 2.57. The molecule has 0 saturated carbocycles. The monoisotopic (exact) mass is 509 g/mol. The Labute approximate surface area is 208 Å². The Kier molecular flexibility index (Phi) is 7.00. The lowest BCUT2D eigenvalue weighted by molar-refractivity contribution is -0.122. The van der Waals surface area contributed by atoms with E-state index in [9.17, 15) is 27.2 Å². The van der Waals surface area contributed by atoms with E-state index in [1.807, 2.05) is 19.1 Å². The van der Waals surface area contributed by atoms with Gasteiger partial charge in [0.25, 0.3) is 5.91 Å². The van der Waals surface area contributed by atoms with Crippen LogP contribution in [0.4, 0.5) is 15.8 Å². The molecule has 186 valence electrons. The molecule has 0 spiro atoms. The summed E-state index contributed by atoms with van der Waals surface area (Å²) < 4.78 is 42.0. The molecule has 8 nitrogen and oxygen atoms in total.